The number of aromatic nitrogens is 4. The number of amides is 1. The lowest BCUT2D eigenvalue weighted by Crippen LogP contribution is -2.28. The Hall–Kier alpha value is -2.02. The summed E-state index contributed by atoms with van der Waals surface area (Å²) < 4.78 is 1.76. The molecule has 0 spiro atoms. The number of nitrogens with zero attached hydrogens (tertiary/aromatic N) is 5. The zero-order chi connectivity index (χ0) is 17.1. The fourth-order valence-electron chi connectivity index (χ4n) is 4.24. The van der Waals surface area contributed by atoms with Crippen molar-refractivity contribution in [2.24, 2.45) is 0 Å². The van der Waals surface area contributed by atoms with Crippen LogP contribution in [0.3, 0.4) is 0 Å². The molecule has 130 valence electrons. The number of aryl methyl sites for hydroxylation is 2. The Morgan fingerprint density at radius 2 is 2.00 bits per heavy atom. The second kappa shape index (κ2) is 5.49. The third-order valence-electron chi connectivity index (χ3n) is 5.52. The summed E-state index contributed by atoms with van der Waals surface area (Å²) in [5.41, 5.74) is 2.19. The van der Waals surface area contributed by atoms with Crippen LogP contribution < -0.4 is 0 Å². The van der Waals surface area contributed by atoms with E-state index in [2.05, 4.69) is 17.0 Å². The van der Waals surface area contributed by atoms with Gasteiger partial charge in [0.2, 0.25) is 5.82 Å². The maximum atomic E-state index is 12.7. The van der Waals surface area contributed by atoms with E-state index in [0.29, 0.717) is 11.7 Å². The molecule has 2 aliphatic rings. The largest absolute Gasteiger partial charge is 0.336 e. The van der Waals surface area contributed by atoms with Crippen LogP contribution in [0.4, 0.5) is 0 Å². The van der Waals surface area contributed by atoms with E-state index in [1.165, 1.54) is 23.3 Å². The number of hydrogen-bond acceptors (Lipinski definition) is 5. The van der Waals surface area contributed by atoms with Crippen LogP contribution in [0.15, 0.2) is 0 Å². The van der Waals surface area contributed by atoms with Gasteiger partial charge >= 0.3 is 0 Å². The summed E-state index contributed by atoms with van der Waals surface area (Å²) in [6.07, 6.45) is 5.70. The minimum Gasteiger partial charge on any atom is -0.336 e. The van der Waals surface area contributed by atoms with Gasteiger partial charge in [0.05, 0.1) is 5.39 Å². The van der Waals surface area contributed by atoms with Crippen LogP contribution in [0.1, 0.15) is 65.4 Å². The summed E-state index contributed by atoms with van der Waals surface area (Å²) >= 11 is 1.79. The Balaban J connectivity index is 1.74. The molecule has 1 fully saturated rings. The van der Waals surface area contributed by atoms with Crippen molar-refractivity contribution in [2.75, 3.05) is 13.1 Å². The van der Waals surface area contributed by atoms with Crippen molar-refractivity contribution < 1.29 is 4.79 Å². The molecule has 1 aliphatic heterocycles. The Labute approximate surface area is 149 Å². The van der Waals surface area contributed by atoms with Crippen molar-refractivity contribution in [2.45, 2.75) is 51.9 Å². The van der Waals surface area contributed by atoms with Gasteiger partial charge < -0.3 is 4.90 Å². The van der Waals surface area contributed by atoms with Gasteiger partial charge in [-0.2, -0.15) is 4.52 Å². The van der Waals surface area contributed by atoms with E-state index >= 15 is 0 Å². The number of likely N-dealkylation sites (tertiary alicyclic amines) is 1. The molecule has 0 radical (unpaired) electrons. The lowest BCUT2D eigenvalue weighted by molar-refractivity contribution is 0.0781. The standard InChI is InChI=1S/C18H21N5OS/c1-10-6-5-7-12-13(10)14-16-20-15(18(24)22-8-3-4-9-22)21-23(16)11(2)19-17(14)25-12/h10H,3-9H2,1-2H3/t10-/m1/s1. The zero-order valence-electron chi connectivity index (χ0n) is 14.6. The van der Waals surface area contributed by atoms with Crippen LogP contribution >= 0.6 is 11.3 Å². The highest BCUT2D eigenvalue weighted by atomic mass is 32.1. The average Bonchev–Trinajstić information content (AvgIpc) is 3.32. The number of carbonyl (C=O) groups excluding carboxylic acids is 1. The van der Waals surface area contributed by atoms with Gasteiger partial charge in [-0.3, -0.25) is 4.79 Å². The quantitative estimate of drug-likeness (QED) is 0.672. The fourth-order valence-corrected chi connectivity index (χ4v) is 5.61. The molecule has 3 aromatic rings. The highest BCUT2D eigenvalue weighted by Gasteiger charge is 2.28. The Bertz CT molecular complexity index is 998. The van der Waals surface area contributed by atoms with Crippen molar-refractivity contribution in [1.82, 2.24) is 24.5 Å². The highest BCUT2D eigenvalue weighted by Crippen LogP contribution is 2.42. The van der Waals surface area contributed by atoms with Crippen molar-refractivity contribution in [1.29, 1.82) is 0 Å². The van der Waals surface area contributed by atoms with Crippen molar-refractivity contribution in [3.63, 3.8) is 0 Å². The van der Waals surface area contributed by atoms with Crippen LogP contribution in [0.25, 0.3) is 15.9 Å². The summed E-state index contributed by atoms with van der Waals surface area (Å²) in [5.74, 6) is 1.57. The second-order valence-electron chi connectivity index (χ2n) is 7.24. The van der Waals surface area contributed by atoms with E-state index in [-0.39, 0.29) is 5.91 Å². The van der Waals surface area contributed by atoms with E-state index < -0.39 is 0 Å². The van der Waals surface area contributed by atoms with Crippen LogP contribution in [0, 0.1) is 6.92 Å². The van der Waals surface area contributed by atoms with E-state index in [0.717, 1.165) is 54.0 Å². The molecule has 0 unspecified atom stereocenters. The van der Waals surface area contributed by atoms with Gasteiger partial charge in [0.1, 0.15) is 10.7 Å². The highest BCUT2D eigenvalue weighted by molar-refractivity contribution is 7.19. The third kappa shape index (κ3) is 2.21. The van der Waals surface area contributed by atoms with Crippen molar-refractivity contribution in [3.8, 4) is 0 Å². The van der Waals surface area contributed by atoms with Crippen LogP contribution in [-0.4, -0.2) is 43.5 Å². The molecular formula is C18H21N5OS. The molecule has 1 amide bonds. The lowest BCUT2D eigenvalue weighted by atomic mass is 9.87. The van der Waals surface area contributed by atoms with Crippen LogP contribution in [0.2, 0.25) is 0 Å². The Morgan fingerprint density at radius 1 is 1.20 bits per heavy atom. The van der Waals surface area contributed by atoms with E-state index in [9.17, 15) is 4.79 Å². The SMILES string of the molecule is Cc1nc2sc3c(c2c2nc(C(=O)N4CCCC4)nn12)[C@H](C)CCC3. The van der Waals surface area contributed by atoms with Gasteiger partial charge in [-0.05, 0) is 50.5 Å². The van der Waals surface area contributed by atoms with Gasteiger partial charge in [-0.15, -0.1) is 16.4 Å². The smallest absolute Gasteiger partial charge is 0.293 e. The molecule has 5 rings (SSSR count). The summed E-state index contributed by atoms with van der Waals surface area (Å²) in [4.78, 5) is 26.5. The summed E-state index contributed by atoms with van der Waals surface area (Å²) in [6.45, 7) is 5.85. The van der Waals surface area contributed by atoms with E-state index in [4.69, 9.17) is 4.98 Å². The van der Waals surface area contributed by atoms with Crippen molar-refractivity contribution >= 4 is 33.1 Å². The molecule has 0 bridgehead atoms. The third-order valence-corrected chi connectivity index (χ3v) is 6.68. The van der Waals surface area contributed by atoms with Gasteiger partial charge in [-0.25, -0.2) is 9.97 Å². The average molecular weight is 355 g/mol. The summed E-state index contributed by atoms with van der Waals surface area (Å²) in [6, 6.07) is 0. The minimum absolute atomic E-state index is 0.0501. The first kappa shape index (κ1) is 15.3. The van der Waals surface area contributed by atoms with Gasteiger partial charge in [0.15, 0.2) is 5.65 Å². The van der Waals surface area contributed by atoms with E-state index in [1.54, 1.807) is 15.9 Å². The predicted octanol–water partition coefficient (Wildman–Crippen LogP) is 3.32. The number of rotatable bonds is 1. The van der Waals surface area contributed by atoms with Crippen LogP contribution in [0.5, 0.6) is 0 Å². The maximum absolute atomic E-state index is 12.7. The Kier molecular flexibility index (Phi) is 3.35. The van der Waals surface area contributed by atoms with E-state index in [1.807, 2.05) is 11.8 Å². The van der Waals surface area contributed by atoms with Gasteiger partial charge in [0, 0.05) is 18.0 Å². The minimum atomic E-state index is -0.0501. The Morgan fingerprint density at radius 3 is 2.80 bits per heavy atom. The first-order valence-electron chi connectivity index (χ1n) is 9.11. The number of fused-ring (bicyclic) bond motifs is 5. The summed E-state index contributed by atoms with van der Waals surface area (Å²) in [5, 5.41) is 5.63. The number of hydrogen-bond donors (Lipinski definition) is 0. The van der Waals surface area contributed by atoms with Gasteiger partial charge in [0.25, 0.3) is 5.91 Å². The predicted molar refractivity (Wildman–Crippen MR) is 97.4 cm³/mol. The second-order valence-corrected chi connectivity index (χ2v) is 8.33. The molecule has 6 nitrogen and oxygen atoms in total. The number of thiophene rings is 1. The summed E-state index contributed by atoms with van der Waals surface area (Å²) in [7, 11) is 0. The maximum Gasteiger partial charge on any atom is 0.293 e. The first-order chi connectivity index (χ1) is 12.1. The van der Waals surface area contributed by atoms with Crippen LogP contribution in [-0.2, 0) is 6.42 Å². The normalized spacial score (nSPS) is 20.6. The molecule has 4 heterocycles. The van der Waals surface area contributed by atoms with Crippen molar-refractivity contribution in [3.05, 3.63) is 22.1 Å². The molecule has 0 saturated carbocycles. The molecular weight excluding hydrogens is 334 g/mol. The van der Waals surface area contributed by atoms with Gasteiger partial charge in [-0.1, -0.05) is 6.92 Å². The first-order valence-corrected chi connectivity index (χ1v) is 9.93. The lowest BCUT2D eigenvalue weighted by Gasteiger charge is -2.18. The molecule has 1 aliphatic carbocycles. The topological polar surface area (TPSA) is 63.4 Å². The molecule has 3 aromatic heterocycles. The monoisotopic (exact) mass is 355 g/mol. The molecule has 0 N–H and O–H groups in total. The molecule has 0 aromatic carbocycles. The molecule has 1 saturated heterocycles. The zero-order valence-corrected chi connectivity index (χ0v) is 15.4. The fraction of sp³-hybridized carbons (Fsp3) is 0.556. The molecule has 1 atom stereocenters. The number of carbonyl (C=O) groups is 1. The molecule has 25 heavy (non-hydrogen) atoms. The molecule has 7 heteroatoms.